The van der Waals surface area contributed by atoms with Gasteiger partial charge in [0.1, 0.15) is 23.7 Å². The first-order valence-electron chi connectivity index (χ1n) is 11.8. The molecule has 0 fully saturated rings. The van der Waals surface area contributed by atoms with Gasteiger partial charge < -0.3 is 14.7 Å². The Morgan fingerprint density at radius 1 is 1.03 bits per heavy atom. The molecule has 1 aliphatic rings. The van der Waals surface area contributed by atoms with Gasteiger partial charge in [-0.1, -0.05) is 54.1 Å². The molecule has 3 aromatic carbocycles. The second kappa shape index (κ2) is 10.3. The van der Waals surface area contributed by atoms with Crippen LogP contribution in [0.15, 0.2) is 66.7 Å². The number of aryl methyl sites for hydroxylation is 1. The summed E-state index contributed by atoms with van der Waals surface area (Å²) in [6.45, 7) is 4.06. The van der Waals surface area contributed by atoms with E-state index in [0.717, 1.165) is 33.6 Å². The Morgan fingerprint density at radius 2 is 1.77 bits per heavy atom. The van der Waals surface area contributed by atoms with Crippen LogP contribution in [0.2, 0.25) is 0 Å². The molecule has 4 rings (SSSR count). The van der Waals surface area contributed by atoms with Crippen molar-refractivity contribution >= 4 is 11.9 Å². The number of ether oxygens (including phenoxy) is 1. The molecular formula is C29H30FNO4. The van der Waals surface area contributed by atoms with Crippen molar-refractivity contribution < 1.29 is 23.8 Å². The Hall–Kier alpha value is -3.67. The van der Waals surface area contributed by atoms with E-state index in [1.165, 1.54) is 17.0 Å². The van der Waals surface area contributed by atoms with Gasteiger partial charge in [0, 0.05) is 19.4 Å². The highest BCUT2D eigenvalue weighted by Crippen LogP contribution is 2.37. The Bertz CT molecular complexity index is 1220. The van der Waals surface area contributed by atoms with Crippen LogP contribution < -0.4 is 4.74 Å². The molecule has 0 aromatic heterocycles. The number of halogens is 1. The van der Waals surface area contributed by atoms with Crippen molar-refractivity contribution in [2.75, 3.05) is 13.1 Å². The summed E-state index contributed by atoms with van der Waals surface area (Å²) in [5.74, 6) is -0.721. The second-order valence-corrected chi connectivity index (χ2v) is 9.60. The van der Waals surface area contributed by atoms with Gasteiger partial charge in [-0.15, -0.1) is 0 Å². The minimum Gasteiger partial charge on any atom is -0.487 e. The molecule has 1 amide bonds. The number of carboxylic acids is 1. The van der Waals surface area contributed by atoms with Crippen LogP contribution in [0.3, 0.4) is 0 Å². The molecule has 0 unspecified atom stereocenters. The van der Waals surface area contributed by atoms with Crippen LogP contribution in [0.25, 0.3) is 0 Å². The molecule has 182 valence electrons. The minimum atomic E-state index is -1.03. The molecule has 0 radical (unpaired) electrons. The van der Waals surface area contributed by atoms with Crippen LogP contribution >= 0.6 is 0 Å². The van der Waals surface area contributed by atoms with E-state index in [9.17, 15) is 19.1 Å². The lowest BCUT2D eigenvalue weighted by atomic mass is 9.91. The van der Waals surface area contributed by atoms with Crippen molar-refractivity contribution in [2.45, 2.75) is 45.1 Å². The summed E-state index contributed by atoms with van der Waals surface area (Å²) in [5, 5.41) is 9.33. The summed E-state index contributed by atoms with van der Waals surface area (Å²) in [4.78, 5) is 25.8. The van der Waals surface area contributed by atoms with Crippen LogP contribution in [0.4, 0.5) is 4.39 Å². The summed E-state index contributed by atoms with van der Waals surface area (Å²) in [6.07, 6.45) is 2.04. The number of nitrogens with zero attached hydrogens (tertiary/aromatic N) is 1. The highest BCUT2D eigenvalue weighted by molar-refractivity contribution is 5.83. The standard InChI is InChI=1S/C29H30FNO4/c1-20-4-3-5-21(14-20)12-13-31(19-28(33)34)27(32)16-23-8-11-26-24(15-23)18-29(2,35-26)17-22-6-9-25(30)10-7-22/h3-11,14-15H,12-13,16-19H2,1-2H3,(H,33,34)/t29-/m0/s1. The van der Waals surface area contributed by atoms with Gasteiger partial charge in [-0.3, -0.25) is 9.59 Å². The average Bonchev–Trinajstić information content (AvgIpc) is 3.13. The summed E-state index contributed by atoms with van der Waals surface area (Å²) < 4.78 is 19.5. The SMILES string of the molecule is Cc1cccc(CCN(CC(=O)O)C(=O)Cc2ccc3c(c2)C[C@](C)(Cc2ccc(F)cc2)O3)c1. The number of hydrogen-bond donors (Lipinski definition) is 1. The van der Waals surface area contributed by atoms with Crippen LogP contribution in [0.1, 0.15) is 34.7 Å². The molecule has 6 heteroatoms. The lowest BCUT2D eigenvalue weighted by molar-refractivity contribution is -0.144. The van der Waals surface area contributed by atoms with Crippen LogP contribution in [-0.4, -0.2) is 40.6 Å². The van der Waals surface area contributed by atoms with Gasteiger partial charge in [0.05, 0.1) is 6.42 Å². The molecule has 1 aliphatic heterocycles. The van der Waals surface area contributed by atoms with Crippen LogP contribution in [0, 0.1) is 12.7 Å². The maximum atomic E-state index is 13.2. The summed E-state index contributed by atoms with van der Waals surface area (Å²) in [7, 11) is 0. The highest BCUT2D eigenvalue weighted by Gasteiger charge is 2.35. The summed E-state index contributed by atoms with van der Waals surface area (Å²) in [5.41, 5.74) is 4.59. The van der Waals surface area contributed by atoms with Crippen molar-refractivity contribution in [1.82, 2.24) is 4.90 Å². The normalized spacial score (nSPS) is 16.4. The minimum absolute atomic E-state index is 0.128. The molecule has 0 aliphatic carbocycles. The first-order valence-corrected chi connectivity index (χ1v) is 11.8. The van der Waals surface area contributed by atoms with E-state index in [-0.39, 0.29) is 24.7 Å². The van der Waals surface area contributed by atoms with Crippen molar-refractivity contribution in [2.24, 2.45) is 0 Å². The first-order chi connectivity index (χ1) is 16.7. The first kappa shape index (κ1) is 24.5. The fourth-order valence-electron chi connectivity index (χ4n) is 4.69. The van der Waals surface area contributed by atoms with E-state index >= 15 is 0 Å². The van der Waals surface area contributed by atoms with E-state index < -0.39 is 11.6 Å². The third-order valence-electron chi connectivity index (χ3n) is 6.32. The monoisotopic (exact) mass is 475 g/mol. The van der Waals surface area contributed by atoms with Crippen molar-refractivity contribution in [3.63, 3.8) is 0 Å². The molecule has 0 saturated heterocycles. The Balaban J connectivity index is 1.41. The van der Waals surface area contributed by atoms with Crippen molar-refractivity contribution in [1.29, 1.82) is 0 Å². The molecule has 35 heavy (non-hydrogen) atoms. The van der Waals surface area contributed by atoms with E-state index in [0.29, 0.717) is 25.8 Å². The van der Waals surface area contributed by atoms with Gasteiger partial charge in [0.15, 0.2) is 0 Å². The molecule has 5 nitrogen and oxygen atoms in total. The van der Waals surface area contributed by atoms with Gasteiger partial charge in [-0.05, 0) is 60.7 Å². The quantitative estimate of drug-likeness (QED) is 0.484. The second-order valence-electron chi connectivity index (χ2n) is 9.60. The lowest BCUT2D eigenvalue weighted by Crippen LogP contribution is -2.38. The average molecular weight is 476 g/mol. The zero-order valence-electron chi connectivity index (χ0n) is 20.1. The number of aliphatic carboxylic acids is 1. The van der Waals surface area contributed by atoms with Crippen LogP contribution in [-0.2, 0) is 35.3 Å². The number of hydrogen-bond acceptors (Lipinski definition) is 3. The molecular weight excluding hydrogens is 445 g/mol. The van der Waals surface area contributed by atoms with E-state index in [2.05, 4.69) is 0 Å². The number of carbonyl (C=O) groups is 2. The van der Waals surface area contributed by atoms with Gasteiger partial charge in [-0.2, -0.15) is 0 Å². The largest absolute Gasteiger partial charge is 0.487 e. The third-order valence-corrected chi connectivity index (χ3v) is 6.32. The number of benzene rings is 3. The summed E-state index contributed by atoms with van der Waals surface area (Å²) >= 11 is 0. The van der Waals surface area contributed by atoms with Gasteiger partial charge in [0.2, 0.25) is 5.91 Å². The third kappa shape index (κ3) is 6.47. The number of carbonyl (C=O) groups excluding carboxylic acids is 1. The Morgan fingerprint density at radius 3 is 2.49 bits per heavy atom. The van der Waals surface area contributed by atoms with Gasteiger partial charge in [0.25, 0.3) is 0 Å². The number of fused-ring (bicyclic) bond motifs is 1. The van der Waals surface area contributed by atoms with Gasteiger partial charge in [-0.25, -0.2) is 4.39 Å². The number of carboxylic acid groups (broad SMARTS) is 1. The predicted molar refractivity (Wildman–Crippen MR) is 132 cm³/mol. The zero-order chi connectivity index (χ0) is 25.0. The highest BCUT2D eigenvalue weighted by atomic mass is 19.1. The molecule has 0 saturated carbocycles. The van der Waals surface area contributed by atoms with E-state index in [1.807, 2.05) is 56.3 Å². The zero-order valence-corrected chi connectivity index (χ0v) is 20.1. The molecule has 3 aromatic rings. The maximum Gasteiger partial charge on any atom is 0.323 e. The van der Waals surface area contributed by atoms with Gasteiger partial charge >= 0.3 is 5.97 Å². The molecule has 0 spiro atoms. The lowest BCUT2D eigenvalue weighted by Gasteiger charge is -2.24. The van der Waals surface area contributed by atoms with Crippen molar-refractivity contribution in [3.8, 4) is 5.75 Å². The fraction of sp³-hybridized carbons (Fsp3) is 0.310. The topological polar surface area (TPSA) is 66.8 Å². The van der Waals surface area contributed by atoms with E-state index in [1.54, 1.807) is 12.1 Å². The summed E-state index contributed by atoms with van der Waals surface area (Å²) in [6, 6.07) is 20.2. The maximum absolute atomic E-state index is 13.2. The Labute approximate surface area is 205 Å². The smallest absolute Gasteiger partial charge is 0.323 e. The molecule has 1 heterocycles. The van der Waals surface area contributed by atoms with Crippen molar-refractivity contribution in [3.05, 3.63) is 100 Å². The predicted octanol–water partition coefficient (Wildman–Crippen LogP) is 4.77. The fourth-order valence-corrected chi connectivity index (χ4v) is 4.69. The molecule has 0 bridgehead atoms. The number of rotatable bonds is 9. The molecule has 1 N–H and O–H groups in total. The Kier molecular flexibility index (Phi) is 7.20. The van der Waals surface area contributed by atoms with E-state index in [4.69, 9.17) is 4.74 Å². The number of amides is 1. The molecule has 1 atom stereocenters. The van der Waals surface area contributed by atoms with Crippen LogP contribution in [0.5, 0.6) is 5.75 Å².